The van der Waals surface area contributed by atoms with Crippen LogP contribution in [0.25, 0.3) is 0 Å². The van der Waals surface area contributed by atoms with Gasteiger partial charge in [0, 0.05) is 33.2 Å². The summed E-state index contributed by atoms with van der Waals surface area (Å²) in [5, 5.41) is 27.5. The van der Waals surface area contributed by atoms with Crippen molar-refractivity contribution >= 4 is 12.0 Å². The number of rotatable bonds is 6. The van der Waals surface area contributed by atoms with E-state index in [-0.39, 0.29) is 32.7 Å². The Morgan fingerprint density at radius 2 is 2.11 bits per heavy atom. The molecule has 1 rings (SSSR count). The van der Waals surface area contributed by atoms with Gasteiger partial charge in [0.15, 0.2) is 0 Å². The molecule has 1 fully saturated rings. The largest absolute Gasteiger partial charge is 0.480 e. The fourth-order valence-electron chi connectivity index (χ4n) is 2.07. The molecule has 1 aliphatic rings. The molecule has 2 atom stereocenters. The van der Waals surface area contributed by atoms with E-state index < -0.39 is 24.1 Å². The van der Waals surface area contributed by atoms with Crippen molar-refractivity contribution in [1.82, 2.24) is 9.80 Å². The number of urea groups is 1. The Morgan fingerprint density at radius 3 is 2.63 bits per heavy atom. The van der Waals surface area contributed by atoms with E-state index in [2.05, 4.69) is 0 Å². The van der Waals surface area contributed by atoms with Crippen molar-refractivity contribution in [2.75, 3.05) is 40.0 Å². The van der Waals surface area contributed by atoms with Crippen LogP contribution in [0.1, 0.15) is 6.42 Å². The quantitative estimate of drug-likeness (QED) is 0.548. The molecule has 0 saturated carbocycles. The van der Waals surface area contributed by atoms with Gasteiger partial charge < -0.3 is 29.9 Å². The van der Waals surface area contributed by atoms with E-state index in [1.807, 2.05) is 0 Å². The van der Waals surface area contributed by atoms with Gasteiger partial charge in [0.1, 0.15) is 6.04 Å². The van der Waals surface area contributed by atoms with Crippen molar-refractivity contribution in [3.63, 3.8) is 0 Å². The number of hydrogen-bond acceptors (Lipinski definition) is 5. The third kappa shape index (κ3) is 4.05. The fourth-order valence-corrected chi connectivity index (χ4v) is 2.07. The Bertz CT molecular complexity index is 324. The van der Waals surface area contributed by atoms with Gasteiger partial charge >= 0.3 is 12.0 Å². The molecule has 0 aromatic heterocycles. The maximum absolute atomic E-state index is 12.2. The van der Waals surface area contributed by atoms with Crippen LogP contribution in [-0.4, -0.2) is 89.2 Å². The minimum Gasteiger partial charge on any atom is -0.480 e. The zero-order valence-electron chi connectivity index (χ0n) is 10.9. The molecule has 19 heavy (non-hydrogen) atoms. The van der Waals surface area contributed by atoms with Crippen LogP contribution in [0, 0.1) is 0 Å². The van der Waals surface area contributed by atoms with E-state index in [4.69, 9.17) is 14.9 Å². The second-order valence-corrected chi connectivity index (χ2v) is 4.38. The molecule has 8 heteroatoms. The number of hydrogen-bond donors (Lipinski definition) is 3. The SMILES string of the molecule is COCCN(CCO)C(=O)N1C[C@H](O)C[C@@H]1C(=O)O. The highest BCUT2D eigenvalue weighted by atomic mass is 16.5. The number of carbonyl (C=O) groups is 2. The number of carboxylic acids is 1. The van der Waals surface area contributed by atoms with Gasteiger partial charge in [-0.3, -0.25) is 0 Å². The van der Waals surface area contributed by atoms with Gasteiger partial charge in [-0.25, -0.2) is 9.59 Å². The third-order valence-corrected chi connectivity index (χ3v) is 3.02. The van der Waals surface area contributed by atoms with Crippen LogP contribution in [0.3, 0.4) is 0 Å². The van der Waals surface area contributed by atoms with E-state index in [1.54, 1.807) is 0 Å². The Labute approximate surface area is 111 Å². The molecular formula is C11H20N2O6. The first kappa shape index (κ1) is 15.7. The third-order valence-electron chi connectivity index (χ3n) is 3.02. The van der Waals surface area contributed by atoms with E-state index in [1.165, 1.54) is 12.0 Å². The predicted octanol–water partition coefficient (Wildman–Crippen LogP) is -1.43. The molecule has 2 amide bonds. The lowest BCUT2D eigenvalue weighted by Gasteiger charge is -2.29. The van der Waals surface area contributed by atoms with Crippen molar-refractivity contribution in [3.05, 3.63) is 0 Å². The molecule has 0 aromatic rings. The number of methoxy groups -OCH3 is 1. The average Bonchev–Trinajstić information content (AvgIpc) is 2.76. The minimum absolute atomic E-state index is 0.00922. The molecule has 1 heterocycles. The normalized spacial score (nSPS) is 22.6. The second kappa shape index (κ2) is 7.27. The molecule has 0 spiro atoms. The van der Waals surface area contributed by atoms with Gasteiger partial charge in [0.05, 0.1) is 19.3 Å². The predicted molar refractivity (Wildman–Crippen MR) is 64.7 cm³/mol. The number of aliphatic hydroxyl groups is 2. The molecule has 3 N–H and O–H groups in total. The Kier molecular flexibility index (Phi) is 6.00. The number of likely N-dealkylation sites (tertiary alicyclic amines) is 1. The highest BCUT2D eigenvalue weighted by Gasteiger charge is 2.40. The minimum atomic E-state index is -1.14. The number of nitrogens with zero attached hydrogens (tertiary/aromatic N) is 2. The molecule has 0 radical (unpaired) electrons. The van der Waals surface area contributed by atoms with E-state index in [0.717, 1.165) is 4.90 Å². The van der Waals surface area contributed by atoms with Crippen LogP contribution in [0.15, 0.2) is 0 Å². The van der Waals surface area contributed by atoms with Gasteiger partial charge in [-0.1, -0.05) is 0 Å². The molecule has 0 aromatic carbocycles. The molecule has 1 aliphatic heterocycles. The average molecular weight is 276 g/mol. The van der Waals surface area contributed by atoms with Crippen LogP contribution in [-0.2, 0) is 9.53 Å². The first-order valence-corrected chi connectivity index (χ1v) is 6.07. The number of amides is 2. The zero-order chi connectivity index (χ0) is 14.4. The molecule has 0 unspecified atom stereocenters. The van der Waals surface area contributed by atoms with Gasteiger partial charge in [0.25, 0.3) is 0 Å². The van der Waals surface area contributed by atoms with Gasteiger partial charge in [-0.2, -0.15) is 0 Å². The van der Waals surface area contributed by atoms with Crippen molar-refractivity contribution < 1.29 is 29.6 Å². The number of aliphatic hydroxyl groups excluding tert-OH is 2. The summed E-state index contributed by atoms with van der Waals surface area (Å²) >= 11 is 0. The lowest BCUT2D eigenvalue weighted by molar-refractivity contribution is -0.141. The lowest BCUT2D eigenvalue weighted by Crippen LogP contribution is -2.49. The molecule has 8 nitrogen and oxygen atoms in total. The lowest BCUT2D eigenvalue weighted by atomic mass is 10.2. The van der Waals surface area contributed by atoms with E-state index in [0.29, 0.717) is 6.61 Å². The fraction of sp³-hybridized carbons (Fsp3) is 0.818. The maximum Gasteiger partial charge on any atom is 0.326 e. The van der Waals surface area contributed by atoms with Gasteiger partial charge in [-0.05, 0) is 0 Å². The Balaban J connectivity index is 2.73. The van der Waals surface area contributed by atoms with Crippen molar-refractivity contribution in [1.29, 1.82) is 0 Å². The highest BCUT2D eigenvalue weighted by Crippen LogP contribution is 2.19. The van der Waals surface area contributed by atoms with Crippen molar-refractivity contribution in [2.45, 2.75) is 18.6 Å². The number of aliphatic carboxylic acids is 1. The number of β-amino-alcohol motifs (C(OH)–C–C–N with tert-alkyl or cyclic N) is 1. The molecule has 110 valence electrons. The second-order valence-electron chi connectivity index (χ2n) is 4.38. The van der Waals surface area contributed by atoms with E-state index in [9.17, 15) is 14.7 Å². The first-order valence-electron chi connectivity index (χ1n) is 6.07. The van der Waals surface area contributed by atoms with Crippen LogP contribution < -0.4 is 0 Å². The van der Waals surface area contributed by atoms with Crippen LogP contribution in [0.5, 0.6) is 0 Å². The topological polar surface area (TPSA) is 111 Å². The summed E-state index contributed by atoms with van der Waals surface area (Å²) in [4.78, 5) is 25.7. The summed E-state index contributed by atoms with van der Waals surface area (Å²) in [7, 11) is 1.49. The number of ether oxygens (including phenoxy) is 1. The Hall–Kier alpha value is -1.38. The van der Waals surface area contributed by atoms with Crippen LogP contribution in [0.2, 0.25) is 0 Å². The number of carboxylic acid groups (broad SMARTS) is 1. The maximum atomic E-state index is 12.2. The molecular weight excluding hydrogens is 256 g/mol. The first-order chi connectivity index (χ1) is 9.01. The van der Waals surface area contributed by atoms with Crippen molar-refractivity contribution in [2.24, 2.45) is 0 Å². The molecule has 0 aliphatic carbocycles. The zero-order valence-corrected chi connectivity index (χ0v) is 10.9. The van der Waals surface area contributed by atoms with E-state index >= 15 is 0 Å². The molecule has 0 bridgehead atoms. The summed E-state index contributed by atoms with van der Waals surface area (Å²) in [5.41, 5.74) is 0. The monoisotopic (exact) mass is 276 g/mol. The smallest absolute Gasteiger partial charge is 0.326 e. The van der Waals surface area contributed by atoms with Crippen molar-refractivity contribution in [3.8, 4) is 0 Å². The number of carbonyl (C=O) groups excluding carboxylic acids is 1. The summed E-state index contributed by atoms with van der Waals surface area (Å²) in [6.45, 7) is 0.421. The summed E-state index contributed by atoms with van der Waals surface area (Å²) in [6, 6.07) is -1.53. The summed E-state index contributed by atoms with van der Waals surface area (Å²) < 4.78 is 4.87. The van der Waals surface area contributed by atoms with Crippen LogP contribution >= 0.6 is 0 Å². The summed E-state index contributed by atoms with van der Waals surface area (Å²) in [5.74, 6) is -1.14. The highest BCUT2D eigenvalue weighted by molar-refractivity contribution is 5.83. The van der Waals surface area contributed by atoms with Gasteiger partial charge in [-0.15, -0.1) is 0 Å². The van der Waals surface area contributed by atoms with Crippen LogP contribution in [0.4, 0.5) is 4.79 Å². The van der Waals surface area contributed by atoms with Gasteiger partial charge in [0.2, 0.25) is 0 Å². The standard InChI is InChI=1S/C11H20N2O6/c1-19-5-3-12(2-4-14)11(18)13-7-8(15)6-9(13)10(16)17/h8-9,14-15H,2-7H2,1H3,(H,16,17)/t8-,9-/m1/s1. The summed E-state index contributed by atoms with van der Waals surface area (Å²) in [6.07, 6.45) is -0.804. The Morgan fingerprint density at radius 1 is 1.42 bits per heavy atom. The molecule has 1 saturated heterocycles.